The van der Waals surface area contributed by atoms with E-state index in [1.807, 2.05) is 0 Å². The Labute approximate surface area is 138 Å². The third-order valence-corrected chi connectivity index (χ3v) is 4.83. The maximum atomic E-state index is 11.0. The van der Waals surface area contributed by atoms with Crippen LogP contribution in [-0.2, 0) is 0 Å². The number of fused-ring (bicyclic) bond motifs is 1. The third-order valence-electron chi connectivity index (χ3n) is 4.83. The summed E-state index contributed by atoms with van der Waals surface area (Å²) in [6, 6.07) is 7.03. The lowest BCUT2D eigenvalue weighted by Crippen LogP contribution is -2.24. The molecule has 2 aliphatic rings. The number of amides is 1. The van der Waals surface area contributed by atoms with E-state index in [0.29, 0.717) is 5.56 Å². The van der Waals surface area contributed by atoms with Crippen molar-refractivity contribution in [2.45, 2.75) is 25.7 Å². The van der Waals surface area contributed by atoms with Crippen LogP contribution in [0.2, 0.25) is 0 Å². The highest BCUT2D eigenvalue weighted by Crippen LogP contribution is 2.37. The Balaban J connectivity index is 0.00000176. The van der Waals surface area contributed by atoms with Crippen molar-refractivity contribution < 1.29 is 9.53 Å². The summed E-state index contributed by atoms with van der Waals surface area (Å²) >= 11 is 0. The molecule has 0 bridgehead atoms. The molecule has 2 fully saturated rings. The van der Waals surface area contributed by atoms with Crippen LogP contribution in [-0.4, -0.2) is 37.0 Å². The lowest BCUT2D eigenvalue weighted by Gasteiger charge is -2.16. The highest BCUT2D eigenvalue weighted by atomic mass is 35.5. The summed E-state index contributed by atoms with van der Waals surface area (Å²) in [5.74, 6) is 2.33. The maximum absolute atomic E-state index is 11.0. The van der Waals surface area contributed by atoms with Crippen molar-refractivity contribution in [2.75, 3.05) is 26.2 Å². The topological polar surface area (TPSA) is 55.6 Å². The van der Waals surface area contributed by atoms with E-state index in [4.69, 9.17) is 10.5 Å². The lowest BCUT2D eigenvalue weighted by atomic mass is 10.0. The van der Waals surface area contributed by atoms with Crippen LogP contribution in [0.5, 0.6) is 5.75 Å². The molecule has 1 heterocycles. The fourth-order valence-corrected chi connectivity index (χ4v) is 3.71. The molecule has 4 nitrogen and oxygen atoms in total. The second-order valence-corrected chi connectivity index (χ2v) is 6.30. The van der Waals surface area contributed by atoms with Crippen molar-refractivity contribution in [3.05, 3.63) is 29.8 Å². The number of carbonyl (C=O) groups is 1. The van der Waals surface area contributed by atoms with Crippen molar-refractivity contribution in [1.82, 2.24) is 4.90 Å². The zero-order valence-corrected chi connectivity index (χ0v) is 13.7. The summed E-state index contributed by atoms with van der Waals surface area (Å²) < 4.78 is 5.72. The van der Waals surface area contributed by atoms with Gasteiger partial charge in [-0.3, -0.25) is 4.79 Å². The number of carbonyl (C=O) groups excluding carboxylic acids is 1. The fraction of sp³-hybridized carbons (Fsp3) is 0.588. The van der Waals surface area contributed by atoms with Crippen molar-refractivity contribution in [3.63, 3.8) is 0 Å². The summed E-state index contributed by atoms with van der Waals surface area (Å²) in [6.07, 6.45) is 5.36. The van der Waals surface area contributed by atoms with Gasteiger partial charge in [-0.15, -0.1) is 12.4 Å². The molecule has 2 N–H and O–H groups in total. The van der Waals surface area contributed by atoms with Crippen LogP contribution >= 0.6 is 12.4 Å². The third kappa shape index (κ3) is 4.14. The second kappa shape index (κ2) is 7.84. The Kier molecular flexibility index (Phi) is 6.09. The molecule has 1 saturated heterocycles. The monoisotopic (exact) mass is 324 g/mol. The molecule has 1 amide bonds. The maximum Gasteiger partial charge on any atom is 0.248 e. The first-order valence-corrected chi connectivity index (χ1v) is 7.97. The standard InChI is InChI=1S/C17H24N2O2.ClH/c18-17(20)13-5-7-16(8-6-13)21-10-2-9-19-11-14-3-1-4-15(14)12-19;/h5-8,14-15H,1-4,9-12H2,(H2,18,20);1H/t14-,15+;. The minimum absolute atomic E-state index is 0. The Hall–Kier alpha value is -1.26. The number of hydrogen-bond donors (Lipinski definition) is 1. The number of nitrogens with two attached hydrogens (primary N) is 1. The molecular weight excluding hydrogens is 300 g/mol. The van der Waals surface area contributed by atoms with Gasteiger partial charge < -0.3 is 15.4 Å². The highest BCUT2D eigenvalue weighted by Gasteiger charge is 2.35. The van der Waals surface area contributed by atoms with E-state index >= 15 is 0 Å². The Morgan fingerprint density at radius 1 is 1.18 bits per heavy atom. The van der Waals surface area contributed by atoms with Gasteiger partial charge in [0.1, 0.15) is 5.75 Å². The molecule has 5 heteroatoms. The number of rotatable bonds is 6. The molecule has 3 rings (SSSR count). The highest BCUT2D eigenvalue weighted by molar-refractivity contribution is 5.92. The minimum Gasteiger partial charge on any atom is -0.494 e. The van der Waals surface area contributed by atoms with Gasteiger partial charge in [-0.05, 0) is 55.4 Å². The van der Waals surface area contributed by atoms with Crippen LogP contribution in [0.1, 0.15) is 36.0 Å². The van der Waals surface area contributed by atoms with Crippen molar-refractivity contribution >= 4 is 18.3 Å². The van der Waals surface area contributed by atoms with Gasteiger partial charge in [0.25, 0.3) is 0 Å². The van der Waals surface area contributed by atoms with Crippen LogP contribution < -0.4 is 10.5 Å². The second-order valence-electron chi connectivity index (χ2n) is 6.30. The molecule has 1 aromatic carbocycles. The zero-order valence-electron chi connectivity index (χ0n) is 12.9. The van der Waals surface area contributed by atoms with Gasteiger partial charge in [-0.2, -0.15) is 0 Å². The van der Waals surface area contributed by atoms with Gasteiger partial charge in [0.05, 0.1) is 6.61 Å². The van der Waals surface area contributed by atoms with Gasteiger partial charge >= 0.3 is 0 Å². The molecule has 1 saturated carbocycles. The molecule has 0 spiro atoms. The van der Waals surface area contributed by atoms with Gasteiger partial charge in [0.15, 0.2) is 0 Å². The lowest BCUT2D eigenvalue weighted by molar-refractivity contribution is 0.100. The summed E-state index contributed by atoms with van der Waals surface area (Å²) in [4.78, 5) is 13.6. The molecule has 22 heavy (non-hydrogen) atoms. The number of likely N-dealkylation sites (tertiary alicyclic amines) is 1. The largest absolute Gasteiger partial charge is 0.494 e. The average Bonchev–Trinajstić information content (AvgIpc) is 3.05. The van der Waals surface area contributed by atoms with Gasteiger partial charge in [0, 0.05) is 25.2 Å². The minimum atomic E-state index is -0.402. The Morgan fingerprint density at radius 3 is 2.41 bits per heavy atom. The quantitative estimate of drug-likeness (QED) is 0.819. The van der Waals surface area contributed by atoms with Crippen molar-refractivity contribution in [1.29, 1.82) is 0 Å². The van der Waals surface area contributed by atoms with E-state index in [1.165, 1.54) is 32.4 Å². The first kappa shape index (κ1) is 17.1. The normalized spacial score (nSPS) is 23.8. The summed E-state index contributed by atoms with van der Waals surface area (Å²) in [7, 11) is 0. The first-order valence-electron chi connectivity index (χ1n) is 7.97. The van der Waals surface area contributed by atoms with Crippen LogP contribution in [0.25, 0.3) is 0 Å². The summed E-state index contributed by atoms with van der Waals surface area (Å²) in [5, 5.41) is 0. The number of nitrogens with zero attached hydrogens (tertiary/aromatic N) is 1. The van der Waals surface area contributed by atoms with Gasteiger partial charge in [-0.1, -0.05) is 6.42 Å². The van der Waals surface area contributed by atoms with E-state index in [2.05, 4.69) is 4.90 Å². The SMILES string of the molecule is Cl.NC(=O)c1ccc(OCCCN2C[C@H]3CCC[C@H]3C2)cc1. The molecular formula is C17H25ClN2O2. The van der Waals surface area contributed by atoms with E-state index < -0.39 is 5.91 Å². The average molecular weight is 325 g/mol. The summed E-state index contributed by atoms with van der Waals surface area (Å²) in [5.41, 5.74) is 5.73. The van der Waals surface area contributed by atoms with Gasteiger partial charge in [-0.25, -0.2) is 0 Å². The molecule has 0 unspecified atom stereocenters. The molecule has 1 aliphatic carbocycles. The number of halogens is 1. The van der Waals surface area contributed by atoms with E-state index in [0.717, 1.165) is 37.2 Å². The van der Waals surface area contributed by atoms with E-state index in [1.54, 1.807) is 24.3 Å². The molecule has 122 valence electrons. The molecule has 0 aromatic heterocycles. The van der Waals surface area contributed by atoms with Gasteiger partial charge in [0.2, 0.25) is 5.91 Å². The molecule has 1 aromatic rings. The summed E-state index contributed by atoms with van der Waals surface area (Å²) in [6.45, 7) is 4.43. The van der Waals surface area contributed by atoms with E-state index in [9.17, 15) is 4.79 Å². The number of benzene rings is 1. The van der Waals surface area contributed by atoms with Crippen LogP contribution in [0, 0.1) is 11.8 Å². The Bertz CT molecular complexity index is 480. The van der Waals surface area contributed by atoms with Crippen molar-refractivity contribution in [2.24, 2.45) is 17.6 Å². The number of hydrogen-bond acceptors (Lipinski definition) is 3. The Morgan fingerprint density at radius 2 is 1.82 bits per heavy atom. The van der Waals surface area contributed by atoms with Crippen molar-refractivity contribution in [3.8, 4) is 5.75 Å². The smallest absolute Gasteiger partial charge is 0.248 e. The number of ether oxygens (including phenoxy) is 1. The molecule has 1 aliphatic heterocycles. The van der Waals surface area contributed by atoms with Crippen LogP contribution in [0.4, 0.5) is 0 Å². The number of primary amides is 1. The van der Waals surface area contributed by atoms with Crippen LogP contribution in [0.15, 0.2) is 24.3 Å². The van der Waals surface area contributed by atoms with Crippen LogP contribution in [0.3, 0.4) is 0 Å². The molecule has 2 atom stereocenters. The van der Waals surface area contributed by atoms with E-state index in [-0.39, 0.29) is 12.4 Å². The predicted octanol–water partition coefficient (Wildman–Crippen LogP) is 2.71. The fourth-order valence-electron chi connectivity index (χ4n) is 3.71. The zero-order chi connectivity index (χ0) is 14.7. The predicted molar refractivity (Wildman–Crippen MR) is 89.6 cm³/mol. The molecule has 0 radical (unpaired) electrons. The first-order chi connectivity index (χ1) is 10.2.